The molecule has 1 N–H and O–H groups in total. The highest BCUT2D eigenvalue weighted by Gasteiger charge is 2.39. The van der Waals surface area contributed by atoms with Crippen LogP contribution in [0, 0.1) is 0 Å². The molecular weight excluding hydrogens is 301 g/mol. The summed E-state index contributed by atoms with van der Waals surface area (Å²) in [6, 6.07) is 0.540. The summed E-state index contributed by atoms with van der Waals surface area (Å²) in [7, 11) is 0. The summed E-state index contributed by atoms with van der Waals surface area (Å²) in [4.78, 5) is 3.31. The molecule has 1 aromatic rings. The number of hydrogen-bond acceptors (Lipinski definition) is 2. The van der Waals surface area contributed by atoms with Gasteiger partial charge in [0.05, 0.1) is 17.9 Å². The summed E-state index contributed by atoms with van der Waals surface area (Å²) in [6.07, 6.45) is -8.22. The Kier molecular flexibility index (Phi) is 3.84. The molecule has 0 radical (unpaired) electrons. The quantitative estimate of drug-likeness (QED) is 0.672. The lowest BCUT2D eigenvalue weighted by molar-refractivity contribution is -0.140. The molecule has 16 heavy (non-hydrogen) atoms. The van der Waals surface area contributed by atoms with E-state index >= 15 is 0 Å². The maximum atomic E-state index is 12.4. The zero-order valence-corrected chi connectivity index (χ0v) is 9.11. The molecule has 0 aromatic carbocycles. The van der Waals surface area contributed by atoms with Gasteiger partial charge in [-0.1, -0.05) is 0 Å². The fourth-order valence-corrected chi connectivity index (χ4v) is 1.80. The third kappa shape index (κ3) is 2.67. The number of alkyl halides is 5. The van der Waals surface area contributed by atoms with Crippen molar-refractivity contribution in [3.8, 4) is 0 Å². The van der Waals surface area contributed by atoms with Crippen LogP contribution in [0.15, 0.2) is 10.7 Å². The lowest BCUT2D eigenvalue weighted by atomic mass is 10.1. The van der Waals surface area contributed by atoms with Crippen LogP contribution in [-0.2, 0) is 12.8 Å². The molecule has 1 rings (SSSR count). The summed E-state index contributed by atoms with van der Waals surface area (Å²) in [5.41, 5.74) is -2.96. The van der Waals surface area contributed by atoms with Crippen molar-refractivity contribution >= 4 is 15.9 Å². The number of nitrogens with zero attached hydrogens (tertiary/aromatic N) is 1. The molecule has 1 aromatic heterocycles. The smallest absolute Gasteiger partial charge is 0.390 e. The molecule has 0 unspecified atom stereocenters. The Morgan fingerprint density at radius 1 is 1.38 bits per heavy atom. The largest absolute Gasteiger partial charge is 0.419 e. The Balaban J connectivity index is 3.46. The van der Waals surface area contributed by atoms with Gasteiger partial charge in [0.2, 0.25) is 0 Å². The Labute approximate surface area is 95.2 Å². The average Bonchev–Trinajstić information content (AvgIpc) is 2.14. The molecule has 2 nitrogen and oxygen atoms in total. The lowest BCUT2D eigenvalue weighted by Gasteiger charge is -2.14. The van der Waals surface area contributed by atoms with Crippen LogP contribution in [0.2, 0.25) is 0 Å². The molecule has 0 bridgehead atoms. The van der Waals surface area contributed by atoms with Crippen molar-refractivity contribution in [2.75, 3.05) is 0 Å². The highest BCUT2D eigenvalue weighted by Crippen LogP contribution is 2.40. The molecule has 0 aliphatic carbocycles. The maximum absolute atomic E-state index is 12.4. The fourth-order valence-electron chi connectivity index (χ4n) is 1.12. The third-order valence-electron chi connectivity index (χ3n) is 1.74. The molecule has 8 heteroatoms. The van der Waals surface area contributed by atoms with Gasteiger partial charge in [0.1, 0.15) is 4.60 Å². The second-order valence-electron chi connectivity index (χ2n) is 2.83. The first-order valence-corrected chi connectivity index (χ1v) is 4.72. The zero-order chi connectivity index (χ0) is 12.5. The molecule has 90 valence electrons. The molecule has 0 aliphatic rings. The monoisotopic (exact) mass is 305 g/mol. The predicted molar refractivity (Wildman–Crippen MR) is 47.8 cm³/mol. The fraction of sp³-hybridized carbons (Fsp3) is 0.375. The summed E-state index contributed by atoms with van der Waals surface area (Å²) >= 11 is 2.47. The van der Waals surface area contributed by atoms with E-state index in [-0.39, 0.29) is 5.69 Å². The molecule has 0 aliphatic heterocycles. The molecule has 0 atom stereocenters. The maximum Gasteiger partial charge on any atom is 0.419 e. The van der Waals surface area contributed by atoms with Crippen molar-refractivity contribution in [1.29, 1.82) is 0 Å². The van der Waals surface area contributed by atoms with Crippen molar-refractivity contribution in [3.63, 3.8) is 0 Å². The zero-order valence-electron chi connectivity index (χ0n) is 7.52. The Morgan fingerprint density at radius 3 is 2.31 bits per heavy atom. The Morgan fingerprint density at radius 2 is 1.94 bits per heavy atom. The van der Waals surface area contributed by atoms with E-state index < -0.39 is 34.9 Å². The summed E-state index contributed by atoms with van der Waals surface area (Å²) < 4.78 is 61.4. The third-order valence-corrected chi connectivity index (χ3v) is 2.31. The minimum absolute atomic E-state index is 0.254. The van der Waals surface area contributed by atoms with Crippen LogP contribution in [0.5, 0.6) is 0 Å². The van der Waals surface area contributed by atoms with Crippen molar-refractivity contribution in [2.24, 2.45) is 0 Å². The van der Waals surface area contributed by atoms with E-state index in [0.717, 1.165) is 0 Å². The van der Waals surface area contributed by atoms with Gasteiger partial charge in [-0.2, -0.15) is 13.2 Å². The highest BCUT2D eigenvalue weighted by atomic mass is 79.9. The van der Waals surface area contributed by atoms with Crippen molar-refractivity contribution in [3.05, 3.63) is 27.5 Å². The first-order chi connectivity index (χ1) is 7.27. The first kappa shape index (κ1) is 13.3. The van der Waals surface area contributed by atoms with Crippen LogP contribution >= 0.6 is 15.9 Å². The highest BCUT2D eigenvalue weighted by molar-refractivity contribution is 9.10. The van der Waals surface area contributed by atoms with Gasteiger partial charge >= 0.3 is 6.18 Å². The van der Waals surface area contributed by atoms with Gasteiger partial charge in [0, 0.05) is 5.56 Å². The van der Waals surface area contributed by atoms with Crippen molar-refractivity contribution in [1.82, 2.24) is 4.98 Å². The molecule has 0 fully saturated rings. The number of pyridine rings is 1. The number of aliphatic hydroxyl groups excluding tert-OH is 1. The summed E-state index contributed by atoms with van der Waals surface area (Å²) in [5, 5.41) is 8.65. The molecule has 0 spiro atoms. The topological polar surface area (TPSA) is 33.1 Å². The van der Waals surface area contributed by atoms with Crippen LogP contribution in [0.3, 0.4) is 0 Å². The van der Waals surface area contributed by atoms with E-state index in [0.29, 0.717) is 6.07 Å². The van der Waals surface area contributed by atoms with Gasteiger partial charge in [0.25, 0.3) is 6.43 Å². The Bertz CT molecular complexity index is 393. The minimum Gasteiger partial charge on any atom is -0.390 e. The minimum atomic E-state index is -4.93. The SMILES string of the molecule is OCc1cc(C(F)F)c(C(F)(F)F)c(Br)n1. The number of aromatic nitrogens is 1. The van der Waals surface area contributed by atoms with Crippen molar-refractivity contribution in [2.45, 2.75) is 19.2 Å². The molecular formula is C8H5BrF5NO. The molecule has 0 amide bonds. The van der Waals surface area contributed by atoms with Gasteiger partial charge < -0.3 is 5.11 Å². The number of halogens is 6. The molecule has 0 saturated carbocycles. The van der Waals surface area contributed by atoms with E-state index in [1.165, 1.54) is 0 Å². The van der Waals surface area contributed by atoms with Crippen LogP contribution in [0.1, 0.15) is 23.2 Å². The van der Waals surface area contributed by atoms with Gasteiger partial charge in [-0.05, 0) is 22.0 Å². The molecule has 1 heterocycles. The van der Waals surface area contributed by atoms with E-state index in [1.807, 2.05) is 0 Å². The van der Waals surface area contributed by atoms with Gasteiger partial charge in [-0.15, -0.1) is 0 Å². The van der Waals surface area contributed by atoms with Gasteiger partial charge in [-0.3, -0.25) is 0 Å². The van der Waals surface area contributed by atoms with Crippen LogP contribution in [0.4, 0.5) is 22.0 Å². The molecule has 0 saturated heterocycles. The lowest BCUT2D eigenvalue weighted by Crippen LogP contribution is -2.13. The summed E-state index contributed by atoms with van der Waals surface area (Å²) in [6.45, 7) is -0.712. The van der Waals surface area contributed by atoms with Crippen LogP contribution in [-0.4, -0.2) is 10.1 Å². The van der Waals surface area contributed by atoms with Gasteiger partial charge in [0.15, 0.2) is 0 Å². The number of rotatable bonds is 2. The predicted octanol–water partition coefficient (Wildman–Crippen LogP) is 3.29. The van der Waals surface area contributed by atoms with Gasteiger partial charge in [-0.25, -0.2) is 13.8 Å². The van der Waals surface area contributed by atoms with Crippen LogP contribution in [0.25, 0.3) is 0 Å². The van der Waals surface area contributed by atoms with E-state index in [4.69, 9.17) is 5.11 Å². The van der Waals surface area contributed by atoms with E-state index in [9.17, 15) is 22.0 Å². The second-order valence-corrected chi connectivity index (χ2v) is 3.58. The standard InChI is InChI=1S/C8H5BrF5NO/c9-6-5(8(12,13)14)4(7(10)11)1-3(2-16)15-6/h1,7,16H,2H2. The van der Waals surface area contributed by atoms with Crippen LogP contribution < -0.4 is 0 Å². The normalized spacial score (nSPS) is 12.2. The van der Waals surface area contributed by atoms with E-state index in [2.05, 4.69) is 20.9 Å². The number of aliphatic hydroxyl groups is 1. The summed E-state index contributed by atoms with van der Waals surface area (Å²) in [5.74, 6) is 0. The number of hydrogen-bond donors (Lipinski definition) is 1. The first-order valence-electron chi connectivity index (χ1n) is 3.93. The average molecular weight is 306 g/mol. The Hall–Kier alpha value is -0.760. The van der Waals surface area contributed by atoms with E-state index in [1.54, 1.807) is 0 Å². The van der Waals surface area contributed by atoms with Crippen molar-refractivity contribution < 1.29 is 27.1 Å². The second kappa shape index (κ2) is 4.62.